The summed E-state index contributed by atoms with van der Waals surface area (Å²) in [6, 6.07) is 7.84. The second-order valence-electron chi connectivity index (χ2n) is 6.94. The number of β-amino-alcohol motifs (C(OH)–C–C–N with tert-alkyl or cyclic N) is 1. The number of amides is 1. The number of anilines is 1. The lowest BCUT2D eigenvalue weighted by Crippen LogP contribution is -2.44. The van der Waals surface area contributed by atoms with Crippen LogP contribution in [-0.2, 0) is 10.2 Å². The van der Waals surface area contributed by atoms with Crippen LogP contribution in [0.3, 0.4) is 0 Å². The number of para-hydroxylation sites is 1. The largest absolute Gasteiger partial charge is 0.391 e. The first-order chi connectivity index (χ1) is 8.65. The van der Waals surface area contributed by atoms with Crippen molar-refractivity contribution in [3.63, 3.8) is 0 Å². The van der Waals surface area contributed by atoms with Crippen molar-refractivity contribution in [2.24, 2.45) is 5.41 Å². The molecule has 1 aromatic carbocycles. The first kappa shape index (κ1) is 14.1. The Hall–Kier alpha value is -1.35. The van der Waals surface area contributed by atoms with Gasteiger partial charge in [0, 0.05) is 5.69 Å². The Labute approximate surface area is 115 Å². The number of carbonyl (C=O) groups is 1. The van der Waals surface area contributed by atoms with Gasteiger partial charge in [-0.25, -0.2) is 0 Å². The van der Waals surface area contributed by atoms with Crippen LogP contribution in [0.4, 0.5) is 5.69 Å². The Balaban J connectivity index is 2.36. The van der Waals surface area contributed by atoms with Gasteiger partial charge in [0.15, 0.2) is 0 Å². The number of hydrogen-bond donors (Lipinski definition) is 1. The minimum atomic E-state index is -0.543. The molecule has 3 nitrogen and oxygen atoms in total. The van der Waals surface area contributed by atoms with E-state index in [1.54, 1.807) is 4.90 Å². The van der Waals surface area contributed by atoms with Gasteiger partial charge in [-0.05, 0) is 30.9 Å². The molecule has 19 heavy (non-hydrogen) atoms. The van der Waals surface area contributed by atoms with Crippen molar-refractivity contribution >= 4 is 11.6 Å². The summed E-state index contributed by atoms with van der Waals surface area (Å²) in [5.74, 6) is 0.0667. The molecule has 0 bridgehead atoms. The van der Waals surface area contributed by atoms with Crippen LogP contribution in [0.2, 0.25) is 0 Å². The van der Waals surface area contributed by atoms with Gasteiger partial charge in [0.25, 0.3) is 0 Å². The number of rotatable bonds is 2. The average molecular weight is 261 g/mol. The van der Waals surface area contributed by atoms with Crippen molar-refractivity contribution in [1.29, 1.82) is 0 Å². The molecule has 0 aromatic heterocycles. The van der Waals surface area contributed by atoms with E-state index < -0.39 is 11.5 Å². The highest BCUT2D eigenvalue weighted by atomic mass is 16.3. The molecule has 0 spiro atoms. The van der Waals surface area contributed by atoms with Crippen LogP contribution in [0.1, 0.15) is 40.2 Å². The Bertz CT molecular complexity index is 500. The van der Waals surface area contributed by atoms with Gasteiger partial charge in [0.2, 0.25) is 5.91 Å². The van der Waals surface area contributed by atoms with Gasteiger partial charge in [-0.1, -0.05) is 39.0 Å². The van der Waals surface area contributed by atoms with E-state index in [0.29, 0.717) is 6.54 Å². The van der Waals surface area contributed by atoms with Crippen LogP contribution < -0.4 is 4.90 Å². The quantitative estimate of drug-likeness (QED) is 0.889. The fourth-order valence-electron chi connectivity index (χ4n) is 2.43. The van der Waals surface area contributed by atoms with E-state index in [-0.39, 0.29) is 11.3 Å². The number of nitrogens with zero attached hydrogens (tertiary/aromatic N) is 1. The maximum absolute atomic E-state index is 12.6. The number of hydrogen-bond acceptors (Lipinski definition) is 2. The van der Waals surface area contributed by atoms with Gasteiger partial charge < -0.3 is 10.0 Å². The molecule has 2 rings (SSSR count). The van der Waals surface area contributed by atoms with Crippen molar-refractivity contribution in [3.05, 3.63) is 29.8 Å². The monoisotopic (exact) mass is 261 g/mol. The zero-order chi connectivity index (χ0) is 14.4. The summed E-state index contributed by atoms with van der Waals surface area (Å²) in [6.45, 7) is 10.2. The third kappa shape index (κ3) is 2.27. The van der Waals surface area contributed by atoms with Crippen LogP contribution >= 0.6 is 0 Å². The minimum absolute atomic E-state index is 0.0667. The lowest BCUT2D eigenvalue weighted by molar-refractivity contribution is -0.122. The summed E-state index contributed by atoms with van der Waals surface area (Å²) in [7, 11) is 0. The summed E-state index contributed by atoms with van der Waals surface area (Å²) in [4.78, 5) is 14.3. The fraction of sp³-hybridized carbons (Fsp3) is 0.562. The SMILES string of the molecule is CC1(C)C(=O)N(CC(O)C(C)(C)C)c2ccccc21. The van der Waals surface area contributed by atoms with Crippen LogP contribution in [0.25, 0.3) is 0 Å². The molecular weight excluding hydrogens is 238 g/mol. The van der Waals surface area contributed by atoms with Gasteiger partial charge in [-0.3, -0.25) is 4.79 Å². The normalized spacial score (nSPS) is 19.5. The second kappa shape index (κ2) is 4.34. The zero-order valence-corrected chi connectivity index (χ0v) is 12.4. The van der Waals surface area contributed by atoms with Crippen molar-refractivity contribution < 1.29 is 9.90 Å². The van der Waals surface area contributed by atoms with E-state index in [2.05, 4.69) is 0 Å². The minimum Gasteiger partial charge on any atom is -0.391 e. The Morgan fingerprint density at radius 1 is 1.26 bits per heavy atom. The number of benzene rings is 1. The molecule has 1 atom stereocenters. The van der Waals surface area contributed by atoms with E-state index in [1.807, 2.05) is 58.9 Å². The van der Waals surface area contributed by atoms with Crippen LogP contribution in [0.15, 0.2) is 24.3 Å². The Morgan fingerprint density at radius 3 is 2.42 bits per heavy atom. The number of carbonyl (C=O) groups excluding carboxylic acids is 1. The molecule has 1 aromatic rings. The molecule has 1 heterocycles. The molecular formula is C16H23NO2. The van der Waals surface area contributed by atoms with E-state index in [4.69, 9.17) is 0 Å². The molecule has 0 fully saturated rings. The predicted octanol–water partition coefficient (Wildman–Crippen LogP) is 2.72. The summed E-state index contributed by atoms with van der Waals surface area (Å²) in [5, 5.41) is 10.3. The van der Waals surface area contributed by atoms with Crippen LogP contribution in [-0.4, -0.2) is 23.7 Å². The maximum Gasteiger partial charge on any atom is 0.237 e. The Morgan fingerprint density at radius 2 is 1.84 bits per heavy atom. The Kier molecular flexibility index (Phi) is 3.21. The summed E-state index contributed by atoms with van der Waals surface area (Å²) < 4.78 is 0. The fourth-order valence-corrected chi connectivity index (χ4v) is 2.43. The number of fused-ring (bicyclic) bond motifs is 1. The van der Waals surface area contributed by atoms with Crippen molar-refractivity contribution in [2.45, 2.75) is 46.1 Å². The zero-order valence-electron chi connectivity index (χ0n) is 12.4. The highest BCUT2D eigenvalue weighted by molar-refractivity contribution is 6.07. The molecule has 0 aliphatic carbocycles. The highest BCUT2D eigenvalue weighted by Crippen LogP contribution is 2.41. The molecule has 104 valence electrons. The maximum atomic E-state index is 12.6. The lowest BCUT2D eigenvalue weighted by atomic mass is 9.86. The van der Waals surface area contributed by atoms with Crippen molar-refractivity contribution in [1.82, 2.24) is 0 Å². The third-order valence-electron chi connectivity index (χ3n) is 4.00. The van der Waals surface area contributed by atoms with Crippen molar-refractivity contribution in [2.75, 3.05) is 11.4 Å². The highest BCUT2D eigenvalue weighted by Gasteiger charge is 2.44. The average Bonchev–Trinajstić information content (AvgIpc) is 2.50. The molecule has 1 N–H and O–H groups in total. The predicted molar refractivity (Wildman–Crippen MR) is 77.3 cm³/mol. The van der Waals surface area contributed by atoms with Crippen LogP contribution in [0.5, 0.6) is 0 Å². The van der Waals surface area contributed by atoms with Gasteiger partial charge in [0.05, 0.1) is 18.1 Å². The smallest absolute Gasteiger partial charge is 0.237 e. The first-order valence-corrected chi connectivity index (χ1v) is 6.75. The molecule has 3 heteroatoms. The summed E-state index contributed by atoms with van der Waals surface area (Å²) >= 11 is 0. The molecule has 0 saturated carbocycles. The third-order valence-corrected chi connectivity index (χ3v) is 4.00. The molecule has 1 aliphatic heterocycles. The van der Waals surface area contributed by atoms with Gasteiger partial charge in [-0.2, -0.15) is 0 Å². The van der Waals surface area contributed by atoms with Gasteiger partial charge >= 0.3 is 0 Å². The molecule has 0 radical (unpaired) electrons. The van der Waals surface area contributed by atoms with E-state index in [1.165, 1.54) is 0 Å². The molecule has 1 unspecified atom stereocenters. The van der Waals surface area contributed by atoms with Crippen LogP contribution in [0, 0.1) is 5.41 Å². The van der Waals surface area contributed by atoms with E-state index in [0.717, 1.165) is 11.3 Å². The second-order valence-corrected chi connectivity index (χ2v) is 6.94. The molecule has 1 aliphatic rings. The number of aliphatic hydroxyl groups excluding tert-OH is 1. The summed E-state index contributed by atoms with van der Waals surface area (Å²) in [6.07, 6.45) is -0.543. The van der Waals surface area contributed by atoms with E-state index in [9.17, 15) is 9.90 Å². The van der Waals surface area contributed by atoms with Crippen molar-refractivity contribution in [3.8, 4) is 0 Å². The summed E-state index contributed by atoms with van der Waals surface area (Å²) in [5.41, 5.74) is 1.23. The molecule has 1 amide bonds. The van der Waals surface area contributed by atoms with Gasteiger partial charge in [0.1, 0.15) is 0 Å². The number of aliphatic hydroxyl groups is 1. The van der Waals surface area contributed by atoms with Gasteiger partial charge in [-0.15, -0.1) is 0 Å². The molecule has 0 saturated heterocycles. The van der Waals surface area contributed by atoms with E-state index >= 15 is 0 Å². The first-order valence-electron chi connectivity index (χ1n) is 6.75. The standard InChI is InChI=1S/C16H23NO2/c1-15(2,3)13(18)10-17-12-9-7-6-8-11(12)16(4,5)14(17)19/h6-9,13,18H,10H2,1-5H3. The topological polar surface area (TPSA) is 40.5 Å². The lowest BCUT2D eigenvalue weighted by Gasteiger charge is -2.30.